The number of alkyl carbamates (subject to hydrolysis) is 1. The number of nitrogens with one attached hydrogen (secondary N) is 3. The van der Waals surface area contributed by atoms with Gasteiger partial charge in [0.05, 0.1) is 13.2 Å². The van der Waals surface area contributed by atoms with E-state index in [9.17, 15) is 19.2 Å². The van der Waals surface area contributed by atoms with Gasteiger partial charge in [0.25, 0.3) is 0 Å². The number of amides is 3. The van der Waals surface area contributed by atoms with Gasteiger partial charge in [-0.2, -0.15) is 0 Å². The minimum absolute atomic E-state index is 0.165. The normalized spacial score (nSPS) is 13.4. The molecule has 2 atom stereocenters. The molecule has 26 heavy (non-hydrogen) atoms. The fourth-order valence-electron chi connectivity index (χ4n) is 1.82. The van der Waals surface area contributed by atoms with Crippen molar-refractivity contribution in [2.45, 2.75) is 66.2 Å². The lowest BCUT2D eigenvalue weighted by Gasteiger charge is -2.22. The van der Waals surface area contributed by atoms with Gasteiger partial charge in [-0.25, -0.2) is 9.59 Å². The summed E-state index contributed by atoms with van der Waals surface area (Å²) in [7, 11) is 0. The van der Waals surface area contributed by atoms with Crippen molar-refractivity contribution in [3.05, 3.63) is 0 Å². The molecule has 9 heteroatoms. The summed E-state index contributed by atoms with van der Waals surface area (Å²) >= 11 is 0. The van der Waals surface area contributed by atoms with Crippen LogP contribution in [-0.2, 0) is 23.9 Å². The van der Waals surface area contributed by atoms with Crippen LogP contribution >= 0.6 is 0 Å². The molecule has 0 aliphatic rings. The van der Waals surface area contributed by atoms with Gasteiger partial charge in [0.1, 0.15) is 17.7 Å². The first-order valence-corrected chi connectivity index (χ1v) is 8.60. The largest absolute Gasteiger partial charge is 0.464 e. The number of rotatable bonds is 8. The highest BCUT2D eigenvalue weighted by atomic mass is 16.6. The smallest absolute Gasteiger partial charge is 0.408 e. The Balaban J connectivity index is 4.45. The fraction of sp³-hybridized carbons (Fsp3) is 0.765. The van der Waals surface area contributed by atoms with Crippen LogP contribution in [0.4, 0.5) is 4.79 Å². The summed E-state index contributed by atoms with van der Waals surface area (Å²) in [5.74, 6) is -1.78. The van der Waals surface area contributed by atoms with Crippen LogP contribution in [0.3, 0.4) is 0 Å². The van der Waals surface area contributed by atoms with E-state index in [0.717, 1.165) is 0 Å². The lowest BCUT2D eigenvalue weighted by molar-refractivity contribution is -0.148. The third-order valence-electron chi connectivity index (χ3n) is 3.07. The zero-order valence-electron chi connectivity index (χ0n) is 16.6. The molecule has 0 aromatic rings. The molecular weight excluding hydrogens is 342 g/mol. The van der Waals surface area contributed by atoms with Gasteiger partial charge in [-0.1, -0.05) is 13.8 Å². The van der Waals surface area contributed by atoms with E-state index in [-0.39, 0.29) is 19.1 Å². The molecule has 0 unspecified atom stereocenters. The molecule has 0 aliphatic carbocycles. The monoisotopic (exact) mass is 373 g/mol. The first-order chi connectivity index (χ1) is 11.9. The maximum Gasteiger partial charge on any atom is 0.408 e. The quantitative estimate of drug-likeness (QED) is 0.539. The van der Waals surface area contributed by atoms with Crippen molar-refractivity contribution in [2.24, 2.45) is 5.92 Å². The summed E-state index contributed by atoms with van der Waals surface area (Å²) < 4.78 is 9.96. The molecule has 0 aliphatic heterocycles. The van der Waals surface area contributed by atoms with Crippen molar-refractivity contribution >= 4 is 23.9 Å². The number of esters is 1. The minimum atomic E-state index is -0.886. The van der Waals surface area contributed by atoms with Crippen molar-refractivity contribution in [1.29, 1.82) is 0 Å². The Bertz CT molecular complexity index is 513. The van der Waals surface area contributed by atoms with E-state index >= 15 is 0 Å². The molecule has 3 N–H and O–H groups in total. The van der Waals surface area contributed by atoms with E-state index in [1.165, 1.54) is 6.92 Å². The predicted octanol–water partition coefficient (Wildman–Crippen LogP) is 0.720. The SMILES string of the molecule is CCOC(=O)[C@@H](NC(=O)CNC(=O)[C@H](C)NC(=O)OC(C)(C)C)C(C)C. The van der Waals surface area contributed by atoms with Crippen LogP contribution in [0.15, 0.2) is 0 Å². The number of carbonyl (C=O) groups excluding carboxylic acids is 4. The summed E-state index contributed by atoms with van der Waals surface area (Å²) in [4.78, 5) is 47.4. The van der Waals surface area contributed by atoms with E-state index in [2.05, 4.69) is 16.0 Å². The third kappa shape index (κ3) is 9.85. The predicted molar refractivity (Wildman–Crippen MR) is 95.2 cm³/mol. The molecule has 0 saturated heterocycles. The standard InChI is InChI=1S/C17H31N3O6/c1-8-25-15(23)13(10(2)3)20-12(21)9-18-14(22)11(4)19-16(24)26-17(5,6)7/h10-11,13H,8-9H2,1-7H3,(H,18,22)(H,19,24)(H,20,21)/t11-,13-/m0/s1. The number of ether oxygens (including phenoxy) is 2. The van der Waals surface area contributed by atoms with Crippen LogP contribution in [0.2, 0.25) is 0 Å². The molecule has 0 bridgehead atoms. The molecule has 0 radical (unpaired) electrons. The Morgan fingerprint density at radius 1 is 1.00 bits per heavy atom. The lowest BCUT2D eigenvalue weighted by Crippen LogP contribution is -2.51. The zero-order chi connectivity index (χ0) is 20.5. The van der Waals surface area contributed by atoms with E-state index < -0.39 is 41.6 Å². The Kier molecular flexibility index (Phi) is 9.67. The lowest BCUT2D eigenvalue weighted by atomic mass is 10.0. The molecule has 0 rings (SSSR count). The third-order valence-corrected chi connectivity index (χ3v) is 3.07. The van der Waals surface area contributed by atoms with Crippen molar-refractivity contribution in [3.63, 3.8) is 0 Å². The average Bonchev–Trinajstić information content (AvgIpc) is 2.47. The second-order valence-corrected chi connectivity index (χ2v) is 7.13. The summed E-state index contributed by atoms with van der Waals surface area (Å²) in [5.41, 5.74) is -0.681. The van der Waals surface area contributed by atoms with Crippen LogP contribution in [0, 0.1) is 5.92 Å². The first-order valence-electron chi connectivity index (χ1n) is 8.60. The molecule has 0 aromatic heterocycles. The zero-order valence-corrected chi connectivity index (χ0v) is 16.6. The number of hydrogen-bond acceptors (Lipinski definition) is 6. The second kappa shape index (κ2) is 10.6. The van der Waals surface area contributed by atoms with Crippen molar-refractivity contribution in [2.75, 3.05) is 13.2 Å². The molecule has 0 heterocycles. The average molecular weight is 373 g/mol. The van der Waals surface area contributed by atoms with Crippen molar-refractivity contribution in [3.8, 4) is 0 Å². The van der Waals surface area contributed by atoms with E-state index in [4.69, 9.17) is 9.47 Å². The maximum absolute atomic E-state index is 12.0. The first kappa shape index (κ1) is 23.7. The van der Waals surface area contributed by atoms with E-state index in [1.807, 2.05) is 0 Å². The van der Waals surface area contributed by atoms with Crippen molar-refractivity contribution < 1.29 is 28.7 Å². The van der Waals surface area contributed by atoms with Crippen molar-refractivity contribution in [1.82, 2.24) is 16.0 Å². The van der Waals surface area contributed by atoms with Crippen LogP contribution < -0.4 is 16.0 Å². The van der Waals surface area contributed by atoms with E-state index in [0.29, 0.717) is 0 Å². The van der Waals surface area contributed by atoms with Crippen LogP contribution in [0.25, 0.3) is 0 Å². The second-order valence-electron chi connectivity index (χ2n) is 7.13. The van der Waals surface area contributed by atoms with Gasteiger partial charge in [-0.3, -0.25) is 9.59 Å². The number of carbonyl (C=O) groups is 4. The molecule has 0 saturated carbocycles. The number of hydrogen-bond donors (Lipinski definition) is 3. The van der Waals surface area contributed by atoms with Crippen LogP contribution in [-0.4, -0.2) is 54.7 Å². The van der Waals surface area contributed by atoms with E-state index in [1.54, 1.807) is 41.5 Å². The highest BCUT2D eigenvalue weighted by molar-refractivity contribution is 5.90. The van der Waals surface area contributed by atoms with Gasteiger partial charge in [-0.15, -0.1) is 0 Å². The van der Waals surface area contributed by atoms with Gasteiger partial charge in [0, 0.05) is 0 Å². The highest BCUT2D eigenvalue weighted by Gasteiger charge is 2.26. The molecule has 150 valence electrons. The summed E-state index contributed by atoms with van der Waals surface area (Å²) in [6.45, 7) is 11.7. The molecule has 3 amide bonds. The summed E-state index contributed by atoms with van der Waals surface area (Å²) in [6, 6.07) is -1.68. The topological polar surface area (TPSA) is 123 Å². The van der Waals surface area contributed by atoms with Gasteiger partial charge in [0.2, 0.25) is 11.8 Å². The highest BCUT2D eigenvalue weighted by Crippen LogP contribution is 2.06. The molecule has 0 fully saturated rings. The Morgan fingerprint density at radius 3 is 2.04 bits per heavy atom. The fourth-order valence-corrected chi connectivity index (χ4v) is 1.82. The molecular formula is C17H31N3O6. The summed E-state index contributed by atoms with van der Waals surface area (Å²) in [5, 5.41) is 7.29. The molecule has 0 spiro atoms. The van der Waals surface area contributed by atoms with Gasteiger partial charge < -0.3 is 25.4 Å². The molecule has 9 nitrogen and oxygen atoms in total. The van der Waals surface area contributed by atoms with Gasteiger partial charge in [0.15, 0.2) is 0 Å². The Hall–Kier alpha value is -2.32. The minimum Gasteiger partial charge on any atom is -0.464 e. The summed E-state index contributed by atoms with van der Waals surface area (Å²) in [6.07, 6.45) is -0.730. The van der Waals surface area contributed by atoms with Gasteiger partial charge >= 0.3 is 12.1 Å². The van der Waals surface area contributed by atoms with Crippen LogP contribution in [0.1, 0.15) is 48.5 Å². The van der Waals surface area contributed by atoms with Gasteiger partial charge in [-0.05, 0) is 40.5 Å². The Morgan fingerprint density at radius 2 is 1.58 bits per heavy atom. The molecule has 0 aromatic carbocycles. The van der Waals surface area contributed by atoms with Crippen LogP contribution in [0.5, 0.6) is 0 Å². The Labute approximate surface area is 154 Å². The maximum atomic E-state index is 12.0.